The Kier molecular flexibility index (Phi) is 5.65. The van der Waals surface area contributed by atoms with Gasteiger partial charge in [-0.3, -0.25) is 4.99 Å². The van der Waals surface area contributed by atoms with Crippen molar-refractivity contribution < 1.29 is 17.6 Å². The smallest absolute Gasteiger partial charge is 0.350 e. The molecule has 0 saturated heterocycles. The van der Waals surface area contributed by atoms with Gasteiger partial charge in [0, 0.05) is 36.8 Å². The quantitative estimate of drug-likeness (QED) is 0.518. The Morgan fingerprint density at radius 3 is 2.70 bits per heavy atom. The zero-order valence-corrected chi connectivity index (χ0v) is 16.1. The molecular formula is C22H20F4N4. The molecule has 2 aromatic rings. The van der Waals surface area contributed by atoms with Gasteiger partial charge in [0.05, 0.1) is 5.56 Å². The highest BCUT2D eigenvalue weighted by Crippen LogP contribution is 2.33. The van der Waals surface area contributed by atoms with Gasteiger partial charge >= 0.3 is 6.18 Å². The van der Waals surface area contributed by atoms with Gasteiger partial charge in [0.1, 0.15) is 5.82 Å². The molecule has 4 rings (SSSR count). The van der Waals surface area contributed by atoms with E-state index >= 15 is 0 Å². The maximum Gasteiger partial charge on any atom is 0.416 e. The van der Waals surface area contributed by atoms with Crippen LogP contribution in [0.5, 0.6) is 0 Å². The molecule has 1 aliphatic heterocycles. The van der Waals surface area contributed by atoms with E-state index in [1.54, 1.807) is 12.4 Å². The number of nitrogens with zero attached hydrogens (tertiary/aromatic N) is 3. The lowest BCUT2D eigenvalue weighted by molar-refractivity contribution is -0.138. The third-order valence-electron chi connectivity index (χ3n) is 5.30. The van der Waals surface area contributed by atoms with Crippen molar-refractivity contribution in [2.45, 2.75) is 38.4 Å². The van der Waals surface area contributed by atoms with Crippen LogP contribution in [0.4, 0.5) is 23.5 Å². The molecule has 1 aromatic heterocycles. The number of halogens is 4. The summed E-state index contributed by atoms with van der Waals surface area (Å²) in [6, 6.07) is 2.62. The molecule has 2 aliphatic rings. The van der Waals surface area contributed by atoms with Crippen LogP contribution in [-0.4, -0.2) is 15.7 Å². The maximum atomic E-state index is 13.2. The van der Waals surface area contributed by atoms with Crippen molar-refractivity contribution in [1.29, 1.82) is 0 Å². The molecule has 4 nitrogen and oxygen atoms in total. The van der Waals surface area contributed by atoms with Gasteiger partial charge in [0.25, 0.3) is 0 Å². The standard InChI is InChI=1S/C22H20F4N4/c23-17-7-6-16(19(10-17)22(24,25)26)13-30-21-28-11-14(12-29-21)9-15-3-1-5-20-18(15)4-2-8-27-20/h2-3,6-8,10-12,18H,1,4-5,9,13H2,(H,28,29,30). The van der Waals surface area contributed by atoms with Crippen LogP contribution in [0.2, 0.25) is 0 Å². The maximum absolute atomic E-state index is 13.2. The van der Waals surface area contributed by atoms with Crippen molar-refractivity contribution in [2.24, 2.45) is 10.9 Å². The Morgan fingerprint density at radius 2 is 1.93 bits per heavy atom. The average molecular weight is 416 g/mol. The third-order valence-corrected chi connectivity index (χ3v) is 5.30. The molecule has 0 fully saturated rings. The zero-order valence-electron chi connectivity index (χ0n) is 16.1. The van der Waals surface area contributed by atoms with E-state index in [1.807, 2.05) is 6.20 Å². The van der Waals surface area contributed by atoms with Crippen LogP contribution in [0.15, 0.2) is 59.5 Å². The first kappa shape index (κ1) is 20.3. The predicted molar refractivity (Wildman–Crippen MR) is 106 cm³/mol. The molecule has 0 amide bonds. The van der Waals surface area contributed by atoms with Crippen LogP contribution in [-0.2, 0) is 19.1 Å². The molecule has 1 N–H and O–H groups in total. The van der Waals surface area contributed by atoms with Crippen molar-refractivity contribution >= 4 is 11.7 Å². The van der Waals surface area contributed by atoms with Crippen LogP contribution in [0, 0.1) is 11.7 Å². The van der Waals surface area contributed by atoms with Gasteiger partial charge in [-0.2, -0.15) is 13.2 Å². The lowest BCUT2D eigenvalue weighted by Gasteiger charge is -2.27. The number of anilines is 1. The van der Waals surface area contributed by atoms with E-state index in [-0.39, 0.29) is 18.1 Å². The monoisotopic (exact) mass is 416 g/mol. The summed E-state index contributed by atoms with van der Waals surface area (Å²) in [5.74, 6) is -0.372. The average Bonchev–Trinajstić information content (AvgIpc) is 2.73. The summed E-state index contributed by atoms with van der Waals surface area (Å²) < 4.78 is 52.5. The van der Waals surface area contributed by atoms with Crippen LogP contribution in [0.3, 0.4) is 0 Å². The highest BCUT2D eigenvalue weighted by atomic mass is 19.4. The second-order valence-electron chi connectivity index (χ2n) is 7.36. The van der Waals surface area contributed by atoms with Gasteiger partial charge in [-0.25, -0.2) is 14.4 Å². The summed E-state index contributed by atoms with van der Waals surface area (Å²) in [5, 5.41) is 2.78. The second kappa shape index (κ2) is 8.38. The first-order valence-corrected chi connectivity index (χ1v) is 9.71. The van der Waals surface area contributed by atoms with Gasteiger partial charge in [-0.05, 0) is 48.9 Å². The molecule has 1 atom stereocenters. The largest absolute Gasteiger partial charge is 0.416 e. The number of hydrogen-bond donors (Lipinski definition) is 1. The molecule has 1 aromatic carbocycles. The summed E-state index contributed by atoms with van der Waals surface area (Å²) in [6.07, 6.45) is 8.53. The Hall–Kier alpha value is -3.03. The van der Waals surface area contributed by atoms with E-state index in [2.05, 4.69) is 32.4 Å². The van der Waals surface area contributed by atoms with Crippen LogP contribution >= 0.6 is 0 Å². The van der Waals surface area contributed by atoms with E-state index in [9.17, 15) is 17.6 Å². The lowest BCUT2D eigenvalue weighted by Crippen LogP contribution is -2.22. The molecule has 0 bridgehead atoms. The van der Waals surface area contributed by atoms with E-state index < -0.39 is 17.6 Å². The zero-order chi connectivity index (χ0) is 21.1. The SMILES string of the molecule is Fc1ccc(CNc2ncc(CC3=CCCC4=NC=CCC34)cn2)c(C(F)(F)F)c1. The molecule has 0 spiro atoms. The van der Waals surface area contributed by atoms with Gasteiger partial charge in [0.2, 0.25) is 5.95 Å². The number of alkyl halides is 3. The van der Waals surface area contributed by atoms with Crippen LogP contribution < -0.4 is 5.32 Å². The number of rotatable bonds is 5. The van der Waals surface area contributed by atoms with E-state index in [1.165, 1.54) is 11.3 Å². The summed E-state index contributed by atoms with van der Waals surface area (Å²) >= 11 is 0. The Bertz CT molecular complexity index is 1010. The number of hydrogen-bond acceptors (Lipinski definition) is 4. The highest BCUT2D eigenvalue weighted by Gasteiger charge is 2.33. The molecule has 0 radical (unpaired) electrons. The fourth-order valence-electron chi connectivity index (χ4n) is 3.83. The Balaban J connectivity index is 1.41. The first-order chi connectivity index (χ1) is 14.4. The van der Waals surface area contributed by atoms with Crippen molar-refractivity contribution in [2.75, 3.05) is 5.32 Å². The number of aromatic nitrogens is 2. The molecule has 1 aliphatic carbocycles. The highest BCUT2D eigenvalue weighted by molar-refractivity contribution is 5.91. The fraction of sp³-hybridized carbons (Fsp3) is 0.318. The number of nitrogens with one attached hydrogen (secondary N) is 1. The topological polar surface area (TPSA) is 50.2 Å². The third kappa shape index (κ3) is 4.58. The van der Waals surface area contributed by atoms with E-state index in [4.69, 9.17) is 0 Å². The minimum Gasteiger partial charge on any atom is -0.350 e. The molecule has 30 heavy (non-hydrogen) atoms. The van der Waals surface area contributed by atoms with Gasteiger partial charge in [-0.15, -0.1) is 0 Å². The summed E-state index contributed by atoms with van der Waals surface area (Å²) in [7, 11) is 0. The Labute approximate surface area is 171 Å². The molecular weight excluding hydrogens is 396 g/mol. The predicted octanol–water partition coefficient (Wildman–Crippen LogP) is 5.48. The van der Waals surface area contributed by atoms with Gasteiger partial charge in [-0.1, -0.05) is 23.8 Å². The molecule has 2 heterocycles. The van der Waals surface area contributed by atoms with Gasteiger partial charge < -0.3 is 5.32 Å². The molecule has 156 valence electrons. The number of fused-ring (bicyclic) bond motifs is 1. The number of allylic oxidation sites excluding steroid dienone is 3. The number of aliphatic imine (C=N–C) groups is 1. The minimum atomic E-state index is -4.63. The summed E-state index contributed by atoms with van der Waals surface area (Å²) in [4.78, 5) is 12.9. The summed E-state index contributed by atoms with van der Waals surface area (Å²) in [5.41, 5.74) is 2.38. The first-order valence-electron chi connectivity index (χ1n) is 9.71. The molecule has 1 unspecified atom stereocenters. The van der Waals surface area contributed by atoms with Crippen LogP contribution in [0.1, 0.15) is 36.0 Å². The van der Waals surface area contributed by atoms with Crippen LogP contribution in [0.25, 0.3) is 0 Å². The van der Waals surface area contributed by atoms with E-state index in [0.29, 0.717) is 18.4 Å². The van der Waals surface area contributed by atoms with E-state index in [0.717, 1.165) is 37.0 Å². The minimum absolute atomic E-state index is 0.0684. The second-order valence-corrected chi connectivity index (χ2v) is 7.36. The lowest BCUT2D eigenvalue weighted by atomic mass is 9.80. The van der Waals surface area contributed by atoms with Crippen molar-refractivity contribution in [1.82, 2.24) is 9.97 Å². The van der Waals surface area contributed by atoms with Crippen molar-refractivity contribution in [3.63, 3.8) is 0 Å². The van der Waals surface area contributed by atoms with Crippen molar-refractivity contribution in [3.8, 4) is 0 Å². The summed E-state index contributed by atoms with van der Waals surface area (Å²) in [6.45, 7) is -0.159. The fourth-order valence-corrected chi connectivity index (χ4v) is 3.83. The molecule has 8 heteroatoms. The van der Waals surface area contributed by atoms with Gasteiger partial charge in [0.15, 0.2) is 0 Å². The Morgan fingerprint density at radius 1 is 1.13 bits per heavy atom. The normalized spacial score (nSPS) is 18.5. The van der Waals surface area contributed by atoms with Crippen molar-refractivity contribution in [3.05, 3.63) is 77.0 Å². The number of benzene rings is 1. The molecule has 0 saturated carbocycles.